The first kappa shape index (κ1) is 33.8. The number of pyridine rings is 1. The molecule has 50 heavy (non-hydrogen) atoms. The number of benzene rings is 2. The Morgan fingerprint density at radius 3 is 2.64 bits per heavy atom. The lowest BCUT2D eigenvalue weighted by molar-refractivity contribution is -0.140. The average Bonchev–Trinajstić information content (AvgIpc) is 4.04. The molecule has 1 saturated heterocycles. The Labute approximate surface area is 292 Å². The standard InChI is InChI=1S/C37H43N5O7S/c1-48-26-14-17-29-31(20-26)38-19-18-33(29)49-27-21-32-34(43)40-37(36(45)41-50(46,47)28-15-16-28)22-24(37)10-6-3-2-4-9-13-30(35(44)42(32)23-27)39-25-11-7-5-8-12-25/h5-8,10-12,14,17-20,24,27-28,30,32,39H,2-4,9,13,15-16,21-23H2,1H3,(H,40,43)(H,41,45)/b10-6-/t24-,27+,30-,32-,37+/m0/s1. The molecule has 3 fully saturated rings. The van der Waals surface area contributed by atoms with Crippen molar-refractivity contribution in [1.29, 1.82) is 0 Å². The van der Waals surface area contributed by atoms with Gasteiger partial charge in [-0.05, 0) is 68.9 Å². The van der Waals surface area contributed by atoms with Gasteiger partial charge >= 0.3 is 0 Å². The van der Waals surface area contributed by atoms with Gasteiger partial charge in [-0.3, -0.25) is 24.1 Å². The van der Waals surface area contributed by atoms with Crippen LogP contribution in [-0.4, -0.2) is 78.7 Å². The number of anilines is 1. The molecule has 2 aliphatic carbocycles. The zero-order valence-corrected chi connectivity index (χ0v) is 28.9. The number of amides is 3. The minimum absolute atomic E-state index is 0.141. The summed E-state index contributed by atoms with van der Waals surface area (Å²) < 4.78 is 39.7. The van der Waals surface area contributed by atoms with Crippen molar-refractivity contribution in [3.05, 3.63) is 72.9 Å². The Bertz CT molecular complexity index is 1900. The zero-order chi connectivity index (χ0) is 34.9. The van der Waals surface area contributed by atoms with Crippen LogP contribution in [0, 0.1) is 5.92 Å². The lowest BCUT2D eigenvalue weighted by Crippen LogP contribution is -2.57. The minimum Gasteiger partial charge on any atom is -0.497 e. The van der Waals surface area contributed by atoms with Crippen LogP contribution in [0.5, 0.6) is 11.5 Å². The van der Waals surface area contributed by atoms with Gasteiger partial charge in [-0.2, -0.15) is 0 Å². The highest BCUT2D eigenvalue weighted by atomic mass is 32.2. The quantitative estimate of drug-likeness (QED) is 0.295. The number of methoxy groups -OCH3 is 1. The number of ether oxygens (including phenoxy) is 2. The van der Waals surface area contributed by atoms with Crippen LogP contribution in [0.2, 0.25) is 0 Å². The van der Waals surface area contributed by atoms with Crippen molar-refractivity contribution in [1.82, 2.24) is 19.9 Å². The number of nitrogens with zero attached hydrogens (tertiary/aromatic N) is 2. The van der Waals surface area contributed by atoms with Gasteiger partial charge in [-0.25, -0.2) is 8.42 Å². The molecule has 13 heteroatoms. The van der Waals surface area contributed by atoms with Gasteiger partial charge in [-0.15, -0.1) is 0 Å². The SMILES string of the molecule is COc1ccc2c(O[C@@H]3C[C@H]4C(=O)N[C@]5(C(=O)NS(=O)(=O)C6CC6)C[C@@H]5/C=C\CCCCC[C@H](Nc5ccccc5)C(=O)N4C3)ccnc2c1. The lowest BCUT2D eigenvalue weighted by atomic mass is 10.0. The topological polar surface area (TPSA) is 156 Å². The molecule has 0 bridgehead atoms. The maximum atomic E-state index is 14.5. The fourth-order valence-corrected chi connectivity index (χ4v) is 8.46. The second-order valence-corrected chi connectivity index (χ2v) is 15.7. The average molecular weight is 702 g/mol. The van der Waals surface area contributed by atoms with Gasteiger partial charge in [0.15, 0.2) is 0 Å². The van der Waals surface area contributed by atoms with Crippen LogP contribution in [0.15, 0.2) is 72.9 Å². The van der Waals surface area contributed by atoms with Gasteiger partial charge in [0.1, 0.15) is 35.2 Å². The van der Waals surface area contributed by atoms with Gasteiger partial charge in [0.2, 0.25) is 21.8 Å². The van der Waals surface area contributed by atoms with E-state index < -0.39 is 50.8 Å². The lowest BCUT2D eigenvalue weighted by Gasteiger charge is -2.30. The van der Waals surface area contributed by atoms with Gasteiger partial charge in [-0.1, -0.05) is 43.2 Å². The largest absolute Gasteiger partial charge is 0.497 e. The second kappa shape index (κ2) is 13.9. The number of carbonyl (C=O) groups is 3. The summed E-state index contributed by atoms with van der Waals surface area (Å²) in [7, 11) is -2.25. The Morgan fingerprint density at radius 2 is 1.86 bits per heavy atom. The summed E-state index contributed by atoms with van der Waals surface area (Å²) in [5.74, 6) is -0.634. The molecule has 5 atom stereocenters. The Balaban J connectivity index is 1.19. The molecule has 3 aromatic rings. The van der Waals surface area contributed by atoms with E-state index >= 15 is 0 Å². The molecule has 264 valence electrons. The third-order valence-corrected chi connectivity index (χ3v) is 12.0. The van der Waals surface area contributed by atoms with E-state index in [1.165, 1.54) is 0 Å². The van der Waals surface area contributed by atoms with Crippen molar-refractivity contribution in [2.75, 3.05) is 19.0 Å². The summed E-state index contributed by atoms with van der Waals surface area (Å²) >= 11 is 0. The molecule has 4 aliphatic rings. The highest BCUT2D eigenvalue weighted by Gasteiger charge is 2.62. The summed E-state index contributed by atoms with van der Waals surface area (Å²) in [5.41, 5.74) is 0.0510. The molecule has 0 spiro atoms. The second-order valence-electron chi connectivity index (χ2n) is 13.8. The van der Waals surface area contributed by atoms with Crippen molar-refractivity contribution >= 4 is 44.3 Å². The fourth-order valence-electron chi connectivity index (χ4n) is 7.09. The first-order valence-electron chi connectivity index (χ1n) is 17.4. The molecule has 2 aromatic carbocycles. The van der Waals surface area contributed by atoms with Gasteiger partial charge in [0.05, 0.1) is 24.4 Å². The molecule has 0 radical (unpaired) electrons. The molecule has 3 N–H and O–H groups in total. The van der Waals surface area contributed by atoms with E-state index in [0.717, 1.165) is 36.8 Å². The van der Waals surface area contributed by atoms with Crippen molar-refractivity contribution in [2.24, 2.45) is 5.92 Å². The highest BCUT2D eigenvalue weighted by Crippen LogP contribution is 2.46. The van der Waals surface area contributed by atoms with Gasteiger partial charge in [0.25, 0.3) is 5.91 Å². The Hall–Kier alpha value is -4.65. The number of hydrogen-bond acceptors (Lipinski definition) is 9. The van der Waals surface area contributed by atoms with Crippen molar-refractivity contribution < 1.29 is 32.3 Å². The van der Waals surface area contributed by atoms with Crippen LogP contribution in [0.3, 0.4) is 0 Å². The number of sulfonamides is 1. The molecular formula is C37H43N5O7S. The van der Waals surface area contributed by atoms with E-state index in [4.69, 9.17) is 9.47 Å². The highest BCUT2D eigenvalue weighted by molar-refractivity contribution is 7.91. The smallest absolute Gasteiger partial charge is 0.259 e. The van der Waals surface area contributed by atoms with Crippen LogP contribution in [0.25, 0.3) is 10.9 Å². The predicted octanol–water partition coefficient (Wildman–Crippen LogP) is 4.08. The number of rotatable bonds is 8. The summed E-state index contributed by atoms with van der Waals surface area (Å²) in [4.78, 5) is 48.5. The minimum atomic E-state index is -3.84. The van der Waals surface area contributed by atoms with Gasteiger partial charge in [0, 0.05) is 35.7 Å². The summed E-state index contributed by atoms with van der Waals surface area (Å²) in [5, 5.41) is 6.52. The molecule has 7 rings (SSSR count). The number of carbonyl (C=O) groups excluding carboxylic acids is 3. The molecule has 0 unspecified atom stereocenters. The molecule has 2 saturated carbocycles. The monoisotopic (exact) mass is 701 g/mol. The number of para-hydroxylation sites is 1. The maximum absolute atomic E-state index is 14.5. The molecule has 12 nitrogen and oxygen atoms in total. The third kappa shape index (κ3) is 7.14. The number of nitrogens with one attached hydrogen (secondary N) is 3. The van der Waals surface area contributed by atoms with Crippen LogP contribution in [0.1, 0.15) is 57.8 Å². The van der Waals surface area contributed by atoms with E-state index in [1.807, 2.05) is 60.7 Å². The summed E-state index contributed by atoms with van der Waals surface area (Å²) in [6, 6.07) is 15.2. The zero-order valence-electron chi connectivity index (χ0n) is 28.0. The van der Waals surface area contributed by atoms with Crippen molar-refractivity contribution in [3.63, 3.8) is 0 Å². The molecular weight excluding hydrogens is 659 g/mol. The van der Waals surface area contributed by atoms with E-state index in [1.54, 1.807) is 24.3 Å². The van der Waals surface area contributed by atoms with Crippen LogP contribution >= 0.6 is 0 Å². The van der Waals surface area contributed by atoms with Crippen molar-refractivity contribution in [3.8, 4) is 11.5 Å². The number of fused-ring (bicyclic) bond motifs is 3. The van der Waals surface area contributed by atoms with E-state index in [9.17, 15) is 22.8 Å². The Morgan fingerprint density at radius 1 is 1.04 bits per heavy atom. The maximum Gasteiger partial charge on any atom is 0.259 e. The summed E-state index contributed by atoms with van der Waals surface area (Å²) in [6.45, 7) is 0.141. The summed E-state index contributed by atoms with van der Waals surface area (Å²) in [6.07, 6.45) is 10.4. The number of allylic oxidation sites excluding steroid dienone is 1. The normalized spacial score (nSPS) is 27.9. The molecule has 3 heterocycles. The van der Waals surface area contributed by atoms with E-state index in [2.05, 4.69) is 20.3 Å². The Kier molecular flexibility index (Phi) is 9.42. The third-order valence-electron chi connectivity index (χ3n) is 10.2. The number of hydrogen-bond donors (Lipinski definition) is 3. The molecule has 1 aromatic heterocycles. The number of aromatic nitrogens is 1. The van der Waals surface area contributed by atoms with E-state index in [-0.39, 0.29) is 31.2 Å². The first-order valence-corrected chi connectivity index (χ1v) is 19.0. The molecule has 2 aliphatic heterocycles. The van der Waals surface area contributed by atoms with Crippen molar-refractivity contribution in [2.45, 2.75) is 86.8 Å². The van der Waals surface area contributed by atoms with Crippen LogP contribution in [0.4, 0.5) is 5.69 Å². The van der Waals surface area contributed by atoms with Crippen LogP contribution in [-0.2, 0) is 24.4 Å². The van der Waals surface area contributed by atoms with E-state index in [0.29, 0.717) is 36.3 Å². The van der Waals surface area contributed by atoms with Crippen LogP contribution < -0.4 is 24.8 Å². The fraction of sp³-hybridized carbons (Fsp3) is 0.459. The molecule has 3 amide bonds. The van der Waals surface area contributed by atoms with Gasteiger partial charge < -0.3 is 25.0 Å². The first-order chi connectivity index (χ1) is 24.2. The predicted molar refractivity (Wildman–Crippen MR) is 188 cm³/mol.